The Morgan fingerprint density at radius 3 is 2.43 bits per heavy atom. The van der Waals surface area contributed by atoms with E-state index in [-0.39, 0.29) is 11.9 Å². The number of aryl methyl sites for hydroxylation is 1. The van der Waals surface area contributed by atoms with Gasteiger partial charge in [-0.1, -0.05) is 48.5 Å². The van der Waals surface area contributed by atoms with E-state index < -0.39 is 0 Å². The molecule has 0 heterocycles. The SMILES string of the molecule is COC(=NCc1ccccc1)NC(=O)c1ccccc1C. The van der Waals surface area contributed by atoms with Crippen LogP contribution in [0.5, 0.6) is 0 Å². The Kier molecular flexibility index (Phi) is 5.10. The highest BCUT2D eigenvalue weighted by Gasteiger charge is 2.10. The van der Waals surface area contributed by atoms with Gasteiger partial charge in [-0.3, -0.25) is 10.1 Å². The number of benzene rings is 2. The zero-order valence-electron chi connectivity index (χ0n) is 12.2. The molecule has 0 aliphatic carbocycles. The molecular formula is C17H18N2O2. The van der Waals surface area contributed by atoms with Crippen LogP contribution in [0.3, 0.4) is 0 Å². The average molecular weight is 282 g/mol. The van der Waals surface area contributed by atoms with Crippen LogP contribution in [0.4, 0.5) is 0 Å². The monoisotopic (exact) mass is 282 g/mol. The minimum absolute atomic E-state index is 0.215. The van der Waals surface area contributed by atoms with Gasteiger partial charge in [0.25, 0.3) is 11.9 Å². The van der Waals surface area contributed by atoms with Crippen molar-refractivity contribution in [3.05, 3.63) is 71.3 Å². The summed E-state index contributed by atoms with van der Waals surface area (Å²) in [5, 5.41) is 2.68. The summed E-state index contributed by atoms with van der Waals surface area (Å²) >= 11 is 0. The molecule has 21 heavy (non-hydrogen) atoms. The van der Waals surface area contributed by atoms with E-state index in [2.05, 4.69) is 10.3 Å². The molecule has 4 nitrogen and oxygen atoms in total. The summed E-state index contributed by atoms with van der Waals surface area (Å²) in [7, 11) is 1.49. The Balaban J connectivity index is 2.05. The summed E-state index contributed by atoms with van der Waals surface area (Å²) in [6, 6.07) is 17.4. The van der Waals surface area contributed by atoms with E-state index in [9.17, 15) is 4.79 Å². The van der Waals surface area contributed by atoms with Crippen molar-refractivity contribution in [2.75, 3.05) is 7.11 Å². The van der Waals surface area contributed by atoms with Crippen LogP contribution in [0.2, 0.25) is 0 Å². The van der Waals surface area contributed by atoms with Gasteiger partial charge in [-0.15, -0.1) is 0 Å². The van der Waals surface area contributed by atoms with E-state index in [1.165, 1.54) is 7.11 Å². The molecule has 0 aliphatic rings. The minimum atomic E-state index is -0.221. The molecule has 1 N–H and O–H groups in total. The lowest BCUT2D eigenvalue weighted by Gasteiger charge is -2.09. The highest BCUT2D eigenvalue weighted by molar-refractivity contribution is 6.04. The number of carbonyl (C=O) groups excluding carboxylic acids is 1. The predicted molar refractivity (Wildman–Crippen MR) is 83.2 cm³/mol. The smallest absolute Gasteiger partial charge is 0.291 e. The Morgan fingerprint density at radius 2 is 1.76 bits per heavy atom. The summed E-state index contributed by atoms with van der Waals surface area (Å²) in [5.74, 6) is -0.221. The quantitative estimate of drug-likeness (QED) is 0.695. The maximum Gasteiger partial charge on any atom is 0.291 e. The normalized spacial score (nSPS) is 11.0. The van der Waals surface area contributed by atoms with E-state index in [0.717, 1.165) is 11.1 Å². The van der Waals surface area contributed by atoms with Gasteiger partial charge in [0, 0.05) is 5.56 Å². The van der Waals surface area contributed by atoms with Crippen LogP contribution in [-0.2, 0) is 11.3 Å². The fraction of sp³-hybridized carbons (Fsp3) is 0.176. The summed E-state index contributed by atoms with van der Waals surface area (Å²) < 4.78 is 5.12. The number of hydrogen-bond acceptors (Lipinski definition) is 3. The molecule has 4 heteroatoms. The van der Waals surface area contributed by atoms with E-state index in [0.29, 0.717) is 12.1 Å². The first-order valence-electron chi connectivity index (χ1n) is 6.70. The van der Waals surface area contributed by atoms with Crippen molar-refractivity contribution >= 4 is 11.9 Å². The molecule has 1 amide bonds. The molecule has 108 valence electrons. The van der Waals surface area contributed by atoms with E-state index in [1.54, 1.807) is 6.07 Å². The molecule has 2 aromatic carbocycles. The van der Waals surface area contributed by atoms with Crippen LogP contribution in [0.1, 0.15) is 21.5 Å². The van der Waals surface area contributed by atoms with Crippen molar-refractivity contribution in [3.63, 3.8) is 0 Å². The summed E-state index contributed by atoms with van der Waals surface area (Å²) in [4.78, 5) is 16.4. The second-order valence-corrected chi connectivity index (χ2v) is 4.58. The molecule has 0 aromatic heterocycles. The van der Waals surface area contributed by atoms with Gasteiger partial charge in [0.15, 0.2) is 0 Å². The molecule has 0 spiro atoms. The first-order valence-corrected chi connectivity index (χ1v) is 6.70. The third kappa shape index (κ3) is 4.18. The second kappa shape index (κ2) is 7.24. The minimum Gasteiger partial charge on any atom is -0.468 e. The third-order valence-corrected chi connectivity index (χ3v) is 3.05. The van der Waals surface area contributed by atoms with Crippen LogP contribution in [-0.4, -0.2) is 19.0 Å². The van der Waals surface area contributed by atoms with Crippen molar-refractivity contribution in [2.45, 2.75) is 13.5 Å². The zero-order chi connectivity index (χ0) is 15.1. The number of ether oxygens (including phenoxy) is 1. The molecule has 0 fully saturated rings. The fourth-order valence-corrected chi connectivity index (χ4v) is 1.89. The van der Waals surface area contributed by atoms with Crippen molar-refractivity contribution < 1.29 is 9.53 Å². The number of aliphatic imine (C=N–C) groups is 1. The molecule has 2 rings (SSSR count). The van der Waals surface area contributed by atoms with Crippen LogP contribution in [0, 0.1) is 6.92 Å². The van der Waals surface area contributed by atoms with Gasteiger partial charge in [0.05, 0.1) is 13.7 Å². The Hall–Kier alpha value is -2.62. The summed E-state index contributed by atoms with van der Waals surface area (Å²) in [6.45, 7) is 2.35. The molecular weight excluding hydrogens is 264 g/mol. The maximum atomic E-state index is 12.2. The molecule has 2 aromatic rings. The number of nitrogens with zero attached hydrogens (tertiary/aromatic N) is 1. The summed E-state index contributed by atoms with van der Waals surface area (Å²) in [5.41, 5.74) is 2.58. The van der Waals surface area contributed by atoms with Gasteiger partial charge in [-0.05, 0) is 24.1 Å². The van der Waals surface area contributed by atoms with Gasteiger partial charge in [-0.25, -0.2) is 4.99 Å². The number of carbonyl (C=O) groups is 1. The van der Waals surface area contributed by atoms with Crippen LogP contribution in [0.15, 0.2) is 59.6 Å². The lowest BCUT2D eigenvalue weighted by atomic mass is 10.1. The van der Waals surface area contributed by atoms with Crippen molar-refractivity contribution in [3.8, 4) is 0 Å². The van der Waals surface area contributed by atoms with Crippen molar-refractivity contribution in [1.82, 2.24) is 5.32 Å². The van der Waals surface area contributed by atoms with E-state index in [1.807, 2.05) is 55.5 Å². The molecule has 0 atom stereocenters. The molecule has 0 aliphatic heterocycles. The summed E-state index contributed by atoms with van der Waals surface area (Å²) in [6.07, 6.45) is 0. The fourth-order valence-electron chi connectivity index (χ4n) is 1.89. The van der Waals surface area contributed by atoms with E-state index >= 15 is 0 Å². The number of methoxy groups -OCH3 is 1. The molecule has 0 unspecified atom stereocenters. The van der Waals surface area contributed by atoms with Gasteiger partial charge in [-0.2, -0.15) is 0 Å². The largest absolute Gasteiger partial charge is 0.468 e. The van der Waals surface area contributed by atoms with Gasteiger partial charge in [0.1, 0.15) is 0 Å². The van der Waals surface area contributed by atoms with Crippen LogP contribution in [0.25, 0.3) is 0 Å². The highest BCUT2D eigenvalue weighted by Crippen LogP contribution is 2.06. The van der Waals surface area contributed by atoms with Gasteiger partial charge >= 0.3 is 0 Å². The number of nitrogens with one attached hydrogen (secondary N) is 1. The topological polar surface area (TPSA) is 50.7 Å². The lowest BCUT2D eigenvalue weighted by molar-refractivity contribution is 0.0967. The number of amides is 1. The Labute approximate surface area is 124 Å². The number of amidine groups is 1. The standard InChI is InChI=1S/C17H18N2O2/c1-13-8-6-7-11-15(13)16(20)19-17(21-2)18-12-14-9-4-3-5-10-14/h3-11H,12H2,1-2H3,(H,18,19,20). The van der Waals surface area contributed by atoms with Crippen LogP contribution >= 0.6 is 0 Å². The lowest BCUT2D eigenvalue weighted by Crippen LogP contribution is -2.32. The van der Waals surface area contributed by atoms with Crippen molar-refractivity contribution in [1.29, 1.82) is 0 Å². The molecule has 0 bridgehead atoms. The second-order valence-electron chi connectivity index (χ2n) is 4.58. The first kappa shape index (κ1) is 14.8. The predicted octanol–water partition coefficient (Wildman–Crippen LogP) is 2.93. The Bertz CT molecular complexity index is 636. The van der Waals surface area contributed by atoms with Crippen LogP contribution < -0.4 is 5.32 Å². The maximum absolute atomic E-state index is 12.2. The number of hydrogen-bond donors (Lipinski definition) is 1. The highest BCUT2D eigenvalue weighted by atomic mass is 16.5. The van der Waals surface area contributed by atoms with E-state index in [4.69, 9.17) is 4.74 Å². The molecule has 0 saturated heterocycles. The third-order valence-electron chi connectivity index (χ3n) is 3.05. The number of rotatable bonds is 3. The average Bonchev–Trinajstić information content (AvgIpc) is 2.52. The molecule has 0 radical (unpaired) electrons. The Morgan fingerprint density at radius 1 is 1.10 bits per heavy atom. The van der Waals surface area contributed by atoms with Gasteiger partial charge in [0.2, 0.25) is 0 Å². The zero-order valence-corrected chi connectivity index (χ0v) is 12.2. The van der Waals surface area contributed by atoms with Crippen molar-refractivity contribution in [2.24, 2.45) is 4.99 Å². The van der Waals surface area contributed by atoms with Gasteiger partial charge < -0.3 is 4.74 Å². The first-order chi connectivity index (χ1) is 10.2. The molecule has 0 saturated carbocycles.